The minimum atomic E-state index is -0.0488. The van der Waals surface area contributed by atoms with Gasteiger partial charge in [-0.1, -0.05) is 38.8 Å². The van der Waals surface area contributed by atoms with E-state index in [2.05, 4.69) is 21.1 Å². The second kappa shape index (κ2) is 4.94. The Hall–Kier alpha value is -0.250. The van der Waals surface area contributed by atoms with Crippen LogP contribution in [-0.4, -0.2) is 17.2 Å². The van der Waals surface area contributed by atoms with Crippen molar-refractivity contribution in [2.45, 2.75) is 24.8 Å². The van der Waals surface area contributed by atoms with Gasteiger partial charge in [-0.05, 0) is 19.1 Å². The number of benzene rings is 1. The molecule has 1 heterocycles. The van der Waals surface area contributed by atoms with E-state index in [1.807, 2.05) is 25.1 Å². The van der Waals surface area contributed by atoms with Crippen LogP contribution < -0.4 is 0 Å². The fourth-order valence-corrected chi connectivity index (χ4v) is 2.57. The van der Waals surface area contributed by atoms with E-state index in [1.54, 1.807) is 0 Å². The van der Waals surface area contributed by atoms with Gasteiger partial charge in [0.2, 0.25) is 0 Å². The first-order valence-electron chi connectivity index (χ1n) is 4.90. The van der Waals surface area contributed by atoms with Crippen LogP contribution in [-0.2, 0) is 4.84 Å². The van der Waals surface area contributed by atoms with Gasteiger partial charge in [0.15, 0.2) is 0 Å². The largest absolute Gasteiger partial charge is 0.390 e. The standard InChI is InChI=1S/C11H10BrCl2NO/c1-6(13)11-5-10(15-16-11)8-3-2-7(14)4-9(8)12/h2-4,6,11H,5H2,1H3. The maximum absolute atomic E-state index is 5.97. The molecule has 1 aromatic rings. The summed E-state index contributed by atoms with van der Waals surface area (Å²) in [5.74, 6) is 0. The predicted octanol–water partition coefficient (Wildman–Crippen LogP) is 4.22. The lowest BCUT2D eigenvalue weighted by molar-refractivity contribution is 0.0855. The number of oxime groups is 1. The van der Waals surface area contributed by atoms with E-state index in [9.17, 15) is 0 Å². The highest BCUT2D eigenvalue weighted by Gasteiger charge is 2.27. The summed E-state index contributed by atoms with van der Waals surface area (Å²) in [7, 11) is 0. The average molecular weight is 323 g/mol. The molecule has 0 aliphatic carbocycles. The molecule has 0 aromatic heterocycles. The van der Waals surface area contributed by atoms with E-state index in [0.29, 0.717) is 5.02 Å². The van der Waals surface area contributed by atoms with Crippen LogP contribution in [0.1, 0.15) is 18.9 Å². The van der Waals surface area contributed by atoms with Crippen molar-refractivity contribution in [1.29, 1.82) is 0 Å². The van der Waals surface area contributed by atoms with E-state index >= 15 is 0 Å². The van der Waals surface area contributed by atoms with Crippen LogP contribution in [0.3, 0.4) is 0 Å². The van der Waals surface area contributed by atoms with Crippen molar-refractivity contribution >= 4 is 44.8 Å². The smallest absolute Gasteiger partial charge is 0.149 e. The van der Waals surface area contributed by atoms with Gasteiger partial charge in [-0.15, -0.1) is 11.6 Å². The molecule has 0 saturated carbocycles. The predicted molar refractivity (Wildman–Crippen MR) is 70.5 cm³/mol. The Morgan fingerprint density at radius 2 is 2.31 bits per heavy atom. The molecule has 1 aliphatic rings. The summed E-state index contributed by atoms with van der Waals surface area (Å²) in [6.45, 7) is 1.90. The zero-order valence-corrected chi connectivity index (χ0v) is 11.7. The minimum Gasteiger partial charge on any atom is -0.390 e. The topological polar surface area (TPSA) is 21.6 Å². The van der Waals surface area contributed by atoms with Gasteiger partial charge in [-0.2, -0.15) is 0 Å². The van der Waals surface area contributed by atoms with E-state index in [-0.39, 0.29) is 11.5 Å². The van der Waals surface area contributed by atoms with Crippen molar-refractivity contribution in [3.05, 3.63) is 33.3 Å². The second-order valence-electron chi connectivity index (χ2n) is 3.69. The Kier molecular flexibility index (Phi) is 3.77. The van der Waals surface area contributed by atoms with Crippen LogP contribution in [0.15, 0.2) is 27.8 Å². The molecule has 2 nitrogen and oxygen atoms in total. The Morgan fingerprint density at radius 1 is 1.56 bits per heavy atom. The molecule has 5 heteroatoms. The lowest BCUT2D eigenvalue weighted by Crippen LogP contribution is -2.18. The van der Waals surface area contributed by atoms with Gasteiger partial charge >= 0.3 is 0 Å². The summed E-state index contributed by atoms with van der Waals surface area (Å²) in [5.41, 5.74) is 1.91. The highest BCUT2D eigenvalue weighted by Crippen LogP contribution is 2.27. The summed E-state index contributed by atoms with van der Waals surface area (Å²) in [4.78, 5) is 5.27. The van der Waals surface area contributed by atoms with Gasteiger partial charge in [-0.25, -0.2) is 0 Å². The number of nitrogens with zero attached hydrogens (tertiary/aromatic N) is 1. The van der Waals surface area contributed by atoms with Crippen molar-refractivity contribution in [1.82, 2.24) is 0 Å². The van der Waals surface area contributed by atoms with Crippen molar-refractivity contribution in [3.63, 3.8) is 0 Å². The van der Waals surface area contributed by atoms with Crippen LogP contribution in [0.25, 0.3) is 0 Å². The van der Waals surface area contributed by atoms with Gasteiger partial charge < -0.3 is 4.84 Å². The first kappa shape index (κ1) is 12.2. The van der Waals surface area contributed by atoms with E-state index < -0.39 is 0 Å². The third-order valence-electron chi connectivity index (χ3n) is 2.45. The fourth-order valence-electron chi connectivity index (χ4n) is 1.53. The molecular weight excluding hydrogens is 313 g/mol. The SMILES string of the molecule is CC(Cl)C1CC(c2ccc(Cl)cc2Br)=NO1. The number of alkyl halides is 1. The molecule has 16 heavy (non-hydrogen) atoms. The molecule has 1 aliphatic heterocycles. The number of halogens is 3. The van der Waals surface area contributed by atoms with Crippen molar-refractivity contribution < 1.29 is 4.84 Å². The molecule has 0 N–H and O–H groups in total. The number of hydrogen-bond acceptors (Lipinski definition) is 2. The van der Waals surface area contributed by atoms with Crippen LogP contribution in [0.5, 0.6) is 0 Å². The maximum atomic E-state index is 5.97. The van der Waals surface area contributed by atoms with Gasteiger partial charge in [0.25, 0.3) is 0 Å². The number of rotatable bonds is 2. The molecular formula is C11H10BrCl2NO. The molecule has 0 saturated heterocycles. The zero-order valence-electron chi connectivity index (χ0n) is 8.58. The van der Waals surface area contributed by atoms with E-state index in [0.717, 1.165) is 22.2 Å². The Morgan fingerprint density at radius 3 is 2.88 bits per heavy atom. The highest BCUT2D eigenvalue weighted by molar-refractivity contribution is 9.10. The summed E-state index contributed by atoms with van der Waals surface area (Å²) in [6, 6.07) is 5.61. The average Bonchev–Trinajstić information content (AvgIpc) is 2.66. The van der Waals surface area contributed by atoms with Crippen LogP contribution >= 0.6 is 39.1 Å². The van der Waals surface area contributed by atoms with Gasteiger partial charge in [-0.3, -0.25) is 0 Å². The molecule has 0 spiro atoms. The summed E-state index contributed by atoms with van der Waals surface area (Å²) in [5, 5.41) is 4.70. The van der Waals surface area contributed by atoms with E-state index in [1.165, 1.54) is 0 Å². The molecule has 0 radical (unpaired) electrons. The normalized spacial score (nSPS) is 21.5. The molecule has 2 unspecified atom stereocenters. The van der Waals surface area contributed by atoms with Gasteiger partial charge in [0, 0.05) is 21.5 Å². The molecule has 0 bridgehead atoms. The molecule has 1 aromatic carbocycles. The molecule has 86 valence electrons. The maximum Gasteiger partial charge on any atom is 0.149 e. The van der Waals surface area contributed by atoms with Crippen LogP contribution in [0.2, 0.25) is 5.02 Å². The van der Waals surface area contributed by atoms with Crippen molar-refractivity contribution in [3.8, 4) is 0 Å². The third kappa shape index (κ3) is 2.53. The molecule has 2 atom stereocenters. The van der Waals surface area contributed by atoms with Gasteiger partial charge in [0.05, 0.1) is 11.1 Å². The van der Waals surface area contributed by atoms with Crippen molar-refractivity contribution in [2.75, 3.05) is 0 Å². The monoisotopic (exact) mass is 321 g/mol. The van der Waals surface area contributed by atoms with Crippen molar-refractivity contribution in [2.24, 2.45) is 5.16 Å². The summed E-state index contributed by atoms with van der Waals surface area (Å²) in [6.07, 6.45) is 0.685. The van der Waals surface area contributed by atoms with E-state index in [4.69, 9.17) is 28.0 Å². The molecule has 2 rings (SSSR count). The quantitative estimate of drug-likeness (QED) is 0.747. The van der Waals surface area contributed by atoms with Crippen LogP contribution in [0, 0.1) is 0 Å². The Labute approximate surface area is 113 Å². The summed E-state index contributed by atoms with van der Waals surface area (Å²) >= 11 is 15.3. The molecule has 0 fully saturated rings. The minimum absolute atomic E-state index is 0.0424. The Balaban J connectivity index is 2.21. The number of hydrogen-bond donors (Lipinski definition) is 0. The first-order chi connectivity index (χ1) is 7.58. The fraction of sp³-hybridized carbons (Fsp3) is 0.364. The lowest BCUT2D eigenvalue weighted by atomic mass is 10.0. The third-order valence-corrected chi connectivity index (χ3v) is 3.62. The second-order valence-corrected chi connectivity index (χ2v) is 5.67. The lowest BCUT2D eigenvalue weighted by Gasteiger charge is -2.09. The van der Waals surface area contributed by atoms with Crippen LogP contribution in [0.4, 0.5) is 0 Å². The first-order valence-corrected chi connectivity index (χ1v) is 6.51. The van der Waals surface area contributed by atoms with Gasteiger partial charge in [0.1, 0.15) is 6.10 Å². The molecule has 0 amide bonds. The Bertz CT molecular complexity index is 434. The zero-order chi connectivity index (χ0) is 11.7. The highest BCUT2D eigenvalue weighted by atomic mass is 79.9. The summed E-state index contributed by atoms with van der Waals surface area (Å²) < 4.78 is 0.922.